The highest BCUT2D eigenvalue weighted by atomic mass is 16.3. The first-order valence-corrected chi connectivity index (χ1v) is 18.7. The van der Waals surface area contributed by atoms with E-state index in [1.165, 1.54) is 186 Å². The first-order chi connectivity index (χ1) is 19.8. The Morgan fingerprint density at radius 2 is 0.875 bits per heavy atom. The van der Waals surface area contributed by atoms with Gasteiger partial charge < -0.3 is 10.0 Å². The van der Waals surface area contributed by atoms with Crippen molar-refractivity contribution in [1.82, 2.24) is 4.90 Å². The molecule has 0 radical (unpaired) electrons. The molecule has 3 heteroatoms. The molecule has 0 aromatic rings. The first kappa shape index (κ1) is 37.5. The Hall–Kier alpha value is -0.570. The minimum absolute atomic E-state index is 0.288. The van der Waals surface area contributed by atoms with Gasteiger partial charge in [-0.15, -0.1) is 0 Å². The number of rotatable bonds is 32. The highest BCUT2D eigenvalue weighted by Gasteiger charge is 2.24. The Labute approximate surface area is 252 Å². The van der Waals surface area contributed by atoms with Crippen LogP contribution in [-0.2, 0) is 0 Å². The van der Waals surface area contributed by atoms with Gasteiger partial charge in [0, 0.05) is 13.0 Å². The fraction of sp³-hybridized carbons (Fsp3) is 0.973. The largest absolute Gasteiger partial charge is 0.394 e. The topological polar surface area (TPSA) is 35.8 Å². The highest BCUT2D eigenvalue weighted by molar-refractivity contribution is 5.84. The quantitative estimate of drug-likeness (QED) is 0.0827. The lowest BCUT2D eigenvalue weighted by molar-refractivity contribution is 0.175. The maximum Gasteiger partial charge on any atom is 0.0993 e. The van der Waals surface area contributed by atoms with Gasteiger partial charge in [-0.05, 0) is 12.8 Å². The minimum Gasteiger partial charge on any atom is -0.394 e. The molecule has 40 heavy (non-hydrogen) atoms. The van der Waals surface area contributed by atoms with Crippen molar-refractivity contribution in [3.05, 3.63) is 0 Å². The monoisotopic (exact) mass is 563 g/mol. The zero-order valence-corrected chi connectivity index (χ0v) is 27.8. The summed E-state index contributed by atoms with van der Waals surface area (Å²) in [5.41, 5.74) is 0. The fourth-order valence-corrected chi connectivity index (χ4v) is 6.52. The summed E-state index contributed by atoms with van der Waals surface area (Å²) in [7, 11) is 0. The Bertz CT molecular complexity index is 534. The second kappa shape index (κ2) is 29.9. The molecular weight excluding hydrogens is 488 g/mol. The van der Waals surface area contributed by atoms with Crippen LogP contribution in [0.1, 0.15) is 206 Å². The summed E-state index contributed by atoms with van der Waals surface area (Å²) >= 11 is 0. The molecule has 3 nitrogen and oxygen atoms in total. The van der Waals surface area contributed by atoms with Crippen LogP contribution in [-0.4, -0.2) is 41.6 Å². The number of aliphatic hydroxyl groups is 1. The van der Waals surface area contributed by atoms with Crippen LogP contribution in [0.15, 0.2) is 4.99 Å². The number of unbranched alkanes of at least 4 members (excludes halogenated alkanes) is 26. The van der Waals surface area contributed by atoms with E-state index < -0.39 is 0 Å². The van der Waals surface area contributed by atoms with Crippen LogP contribution in [0, 0.1) is 0 Å². The van der Waals surface area contributed by atoms with E-state index in [0.29, 0.717) is 6.04 Å². The van der Waals surface area contributed by atoms with Gasteiger partial charge in [-0.3, -0.25) is 4.99 Å². The van der Waals surface area contributed by atoms with E-state index in [4.69, 9.17) is 4.99 Å². The van der Waals surface area contributed by atoms with E-state index in [1.807, 2.05) is 0 Å². The molecular formula is C37H74N2O. The highest BCUT2D eigenvalue weighted by Crippen LogP contribution is 2.20. The third-order valence-electron chi connectivity index (χ3n) is 9.26. The lowest BCUT2D eigenvalue weighted by atomic mass is 10.0. The molecule has 0 amide bonds. The molecule has 0 spiro atoms. The maximum atomic E-state index is 10.1. The Morgan fingerprint density at radius 3 is 1.25 bits per heavy atom. The zero-order valence-electron chi connectivity index (χ0n) is 27.8. The first-order valence-electron chi connectivity index (χ1n) is 18.7. The molecule has 238 valence electrons. The molecule has 0 aromatic heterocycles. The minimum atomic E-state index is 0.288. The molecule has 1 aliphatic rings. The smallest absolute Gasteiger partial charge is 0.0993 e. The van der Waals surface area contributed by atoms with Crippen molar-refractivity contribution in [2.24, 2.45) is 4.99 Å². The Kier molecular flexibility index (Phi) is 28.0. The van der Waals surface area contributed by atoms with Crippen molar-refractivity contribution in [3.8, 4) is 0 Å². The van der Waals surface area contributed by atoms with Crippen molar-refractivity contribution in [3.63, 3.8) is 0 Å². The van der Waals surface area contributed by atoms with Crippen LogP contribution < -0.4 is 0 Å². The molecule has 0 aromatic carbocycles. The molecule has 0 aliphatic carbocycles. The number of hydrogen-bond acceptors (Lipinski definition) is 3. The van der Waals surface area contributed by atoms with Crippen molar-refractivity contribution in [2.75, 3.05) is 19.7 Å². The average Bonchev–Trinajstić information content (AvgIpc) is 3.43. The van der Waals surface area contributed by atoms with Crippen LogP contribution in [0.4, 0.5) is 0 Å². The van der Waals surface area contributed by atoms with E-state index in [-0.39, 0.29) is 6.61 Å². The second-order valence-corrected chi connectivity index (χ2v) is 13.1. The molecule has 1 rings (SSSR count). The SMILES string of the molecule is CCCCCCCCCCCCCCCCCCC(CO)N1CCN=C1CCCCCCCCCCCCCC. The zero-order chi connectivity index (χ0) is 28.8. The van der Waals surface area contributed by atoms with E-state index in [2.05, 4.69) is 18.7 Å². The van der Waals surface area contributed by atoms with Crippen LogP contribution >= 0.6 is 0 Å². The fourth-order valence-electron chi connectivity index (χ4n) is 6.52. The molecule has 1 aliphatic heterocycles. The van der Waals surface area contributed by atoms with Crippen LogP contribution in [0.2, 0.25) is 0 Å². The summed E-state index contributed by atoms with van der Waals surface area (Å²) in [5, 5.41) is 10.1. The number of aliphatic imine (C=N–C) groups is 1. The number of hydrogen-bond donors (Lipinski definition) is 1. The van der Waals surface area contributed by atoms with Crippen molar-refractivity contribution >= 4 is 5.84 Å². The molecule has 1 unspecified atom stereocenters. The van der Waals surface area contributed by atoms with Gasteiger partial charge in [-0.2, -0.15) is 0 Å². The summed E-state index contributed by atoms with van der Waals surface area (Å²) in [5.74, 6) is 1.29. The summed E-state index contributed by atoms with van der Waals surface area (Å²) in [6, 6.07) is 0.297. The molecule has 0 fully saturated rings. The molecule has 1 heterocycles. The van der Waals surface area contributed by atoms with E-state index in [1.54, 1.807) is 0 Å². The number of aliphatic hydroxyl groups excluding tert-OH is 1. The van der Waals surface area contributed by atoms with Crippen molar-refractivity contribution < 1.29 is 5.11 Å². The van der Waals surface area contributed by atoms with Crippen LogP contribution in [0.3, 0.4) is 0 Å². The Morgan fingerprint density at radius 1 is 0.525 bits per heavy atom. The van der Waals surface area contributed by atoms with Gasteiger partial charge in [0.2, 0.25) is 0 Å². The maximum absolute atomic E-state index is 10.1. The van der Waals surface area contributed by atoms with Gasteiger partial charge in [0.05, 0.1) is 25.0 Å². The molecule has 1 atom stereocenters. The summed E-state index contributed by atoms with van der Waals surface area (Å²) in [6.07, 6.45) is 41.7. The summed E-state index contributed by atoms with van der Waals surface area (Å²) in [4.78, 5) is 7.29. The van der Waals surface area contributed by atoms with Crippen LogP contribution in [0.25, 0.3) is 0 Å². The van der Waals surface area contributed by atoms with Crippen LogP contribution in [0.5, 0.6) is 0 Å². The number of nitrogens with zero attached hydrogens (tertiary/aromatic N) is 2. The van der Waals surface area contributed by atoms with Crippen molar-refractivity contribution in [1.29, 1.82) is 0 Å². The van der Waals surface area contributed by atoms with Gasteiger partial charge in [0.25, 0.3) is 0 Å². The van der Waals surface area contributed by atoms with Gasteiger partial charge in [0.15, 0.2) is 0 Å². The molecule has 0 saturated heterocycles. The molecule has 0 bridgehead atoms. The van der Waals surface area contributed by atoms with Gasteiger partial charge >= 0.3 is 0 Å². The van der Waals surface area contributed by atoms with Gasteiger partial charge in [-0.1, -0.05) is 187 Å². The number of amidine groups is 1. The lowest BCUT2D eigenvalue weighted by Crippen LogP contribution is -2.40. The predicted molar refractivity (Wildman–Crippen MR) is 180 cm³/mol. The second-order valence-electron chi connectivity index (χ2n) is 13.1. The van der Waals surface area contributed by atoms with Crippen molar-refractivity contribution in [2.45, 2.75) is 213 Å². The predicted octanol–water partition coefficient (Wildman–Crippen LogP) is 11.8. The van der Waals surface area contributed by atoms with Gasteiger partial charge in [0.1, 0.15) is 0 Å². The third kappa shape index (κ3) is 22.1. The summed E-state index contributed by atoms with van der Waals surface area (Å²) in [6.45, 7) is 6.84. The lowest BCUT2D eigenvalue weighted by Gasteiger charge is -2.29. The third-order valence-corrected chi connectivity index (χ3v) is 9.26. The van der Waals surface area contributed by atoms with E-state index in [0.717, 1.165) is 25.9 Å². The van der Waals surface area contributed by atoms with Gasteiger partial charge in [-0.25, -0.2) is 0 Å². The molecule has 0 saturated carbocycles. The standard InChI is InChI=1S/C37H74N2O/c1-3-5-7-9-11-13-15-17-18-19-20-21-23-25-27-29-31-36(35-40)39-34-33-38-37(39)32-30-28-26-24-22-16-14-12-10-8-6-4-2/h36,40H,3-35H2,1-2H3. The molecule has 1 N–H and O–H groups in total. The summed E-state index contributed by atoms with van der Waals surface area (Å²) < 4.78 is 0. The van der Waals surface area contributed by atoms with E-state index >= 15 is 0 Å². The average molecular weight is 563 g/mol. The normalized spacial score (nSPS) is 14.3. The van der Waals surface area contributed by atoms with E-state index in [9.17, 15) is 5.11 Å². The Balaban J connectivity index is 1.94.